The van der Waals surface area contributed by atoms with Crippen LogP contribution in [-0.4, -0.2) is 24.9 Å². The van der Waals surface area contributed by atoms with Crippen LogP contribution in [0.5, 0.6) is 0 Å². The number of aryl methyl sites for hydroxylation is 1. The molecule has 120 valence electrons. The van der Waals surface area contributed by atoms with Crippen molar-refractivity contribution in [2.45, 2.75) is 6.92 Å². The first-order valence-corrected chi connectivity index (χ1v) is 7.00. The number of hydrogen-bond donors (Lipinski definition) is 2. The van der Waals surface area contributed by atoms with E-state index in [2.05, 4.69) is 30.6 Å². The number of anilines is 4. The Hall–Kier alpha value is -3.62. The van der Waals surface area contributed by atoms with E-state index in [1.54, 1.807) is 36.7 Å². The van der Waals surface area contributed by atoms with E-state index in [1.165, 1.54) is 6.33 Å². The van der Waals surface area contributed by atoms with Gasteiger partial charge in [0, 0.05) is 11.9 Å². The fourth-order valence-corrected chi connectivity index (χ4v) is 2.04. The van der Waals surface area contributed by atoms with E-state index in [0.717, 1.165) is 5.69 Å². The van der Waals surface area contributed by atoms with Gasteiger partial charge in [-0.25, -0.2) is 15.0 Å². The predicted octanol–water partition coefficient (Wildman–Crippen LogP) is 2.97. The summed E-state index contributed by atoms with van der Waals surface area (Å²) in [7, 11) is 0. The minimum absolute atomic E-state index is 0.0551. The van der Waals surface area contributed by atoms with Gasteiger partial charge in [0.25, 0.3) is 0 Å². The summed E-state index contributed by atoms with van der Waals surface area (Å²) in [5, 5.41) is 17.2. The van der Waals surface area contributed by atoms with Crippen LogP contribution in [0.3, 0.4) is 0 Å². The second kappa shape index (κ2) is 6.65. The quantitative estimate of drug-likeness (QED) is 0.543. The molecule has 0 spiro atoms. The summed E-state index contributed by atoms with van der Waals surface area (Å²) in [6.07, 6.45) is 4.39. The van der Waals surface area contributed by atoms with Gasteiger partial charge in [0.15, 0.2) is 0 Å². The lowest BCUT2D eigenvalue weighted by Gasteiger charge is -2.09. The van der Waals surface area contributed by atoms with E-state index in [4.69, 9.17) is 0 Å². The molecule has 3 aromatic rings. The van der Waals surface area contributed by atoms with Crippen molar-refractivity contribution in [1.82, 2.24) is 19.9 Å². The maximum Gasteiger partial charge on any atom is 0.353 e. The minimum Gasteiger partial charge on any atom is -0.333 e. The zero-order chi connectivity index (χ0) is 16.9. The van der Waals surface area contributed by atoms with Crippen molar-refractivity contribution in [2.75, 3.05) is 10.6 Å². The average molecular weight is 323 g/mol. The molecule has 0 aromatic carbocycles. The molecule has 0 saturated heterocycles. The van der Waals surface area contributed by atoms with Crippen molar-refractivity contribution in [3.05, 3.63) is 64.9 Å². The molecule has 0 aliphatic rings. The molecule has 2 N–H and O–H groups in total. The first-order valence-electron chi connectivity index (χ1n) is 7.00. The van der Waals surface area contributed by atoms with E-state index in [-0.39, 0.29) is 17.3 Å². The highest BCUT2D eigenvalue weighted by atomic mass is 16.6. The Bertz CT molecular complexity index is 871. The molecule has 0 radical (unpaired) electrons. The Balaban J connectivity index is 1.97. The molecule has 9 heteroatoms. The van der Waals surface area contributed by atoms with E-state index >= 15 is 0 Å². The Morgan fingerprint density at radius 2 is 1.88 bits per heavy atom. The van der Waals surface area contributed by atoms with Crippen LogP contribution in [0.4, 0.5) is 28.8 Å². The van der Waals surface area contributed by atoms with Gasteiger partial charge in [-0.2, -0.15) is 0 Å². The summed E-state index contributed by atoms with van der Waals surface area (Å²) in [5.74, 6) is 0.585. The minimum atomic E-state index is -0.545. The van der Waals surface area contributed by atoms with Crippen molar-refractivity contribution < 1.29 is 4.92 Å². The maximum atomic E-state index is 11.5. The Morgan fingerprint density at radius 3 is 2.54 bits per heavy atom. The predicted molar refractivity (Wildman–Crippen MR) is 88.5 cm³/mol. The summed E-state index contributed by atoms with van der Waals surface area (Å²) in [6, 6.07) is 8.77. The number of nitro groups is 1. The van der Waals surface area contributed by atoms with Gasteiger partial charge in [0.2, 0.25) is 11.6 Å². The second-order valence-corrected chi connectivity index (χ2v) is 4.83. The van der Waals surface area contributed by atoms with Gasteiger partial charge in [-0.15, -0.1) is 0 Å². The van der Waals surface area contributed by atoms with Crippen LogP contribution in [0.1, 0.15) is 5.69 Å². The van der Waals surface area contributed by atoms with Crippen molar-refractivity contribution >= 4 is 28.8 Å². The third-order valence-corrected chi connectivity index (χ3v) is 3.06. The van der Waals surface area contributed by atoms with E-state index < -0.39 is 4.92 Å². The largest absolute Gasteiger partial charge is 0.353 e. The molecule has 0 saturated carbocycles. The fraction of sp³-hybridized carbons (Fsp3) is 0.0667. The van der Waals surface area contributed by atoms with Crippen LogP contribution < -0.4 is 10.6 Å². The van der Waals surface area contributed by atoms with Gasteiger partial charge in [0.1, 0.15) is 12.1 Å². The molecule has 3 aromatic heterocycles. The number of aromatic nitrogens is 4. The molecule has 0 aliphatic carbocycles. The highest BCUT2D eigenvalue weighted by Crippen LogP contribution is 2.32. The zero-order valence-electron chi connectivity index (χ0n) is 12.7. The number of nitrogens with zero attached hydrogens (tertiary/aromatic N) is 5. The molecular weight excluding hydrogens is 310 g/mol. The lowest BCUT2D eigenvalue weighted by molar-refractivity contribution is -0.383. The summed E-state index contributed by atoms with van der Waals surface area (Å²) in [4.78, 5) is 27.1. The standard InChI is InChI=1S/C15H13N7O2/c1-10-4-2-6-12(19-10)21-15-13(22(23)24)14(17-9-18-15)20-11-5-3-7-16-8-11/h2-9H,1H3,(H2,17,18,19,20,21). The lowest BCUT2D eigenvalue weighted by atomic mass is 10.3. The molecule has 3 rings (SSSR count). The van der Waals surface area contributed by atoms with Gasteiger partial charge in [-0.05, 0) is 31.2 Å². The third kappa shape index (κ3) is 3.40. The summed E-state index contributed by atoms with van der Waals surface area (Å²) in [5.41, 5.74) is 1.09. The topological polar surface area (TPSA) is 119 Å². The monoisotopic (exact) mass is 323 g/mol. The molecule has 0 atom stereocenters. The van der Waals surface area contributed by atoms with Crippen LogP contribution in [0, 0.1) is 17.0 Å². The van der Waals surface area contributed by atoms with Gasteiger partial charge in [-0.3, -0.25) is 15.1 Å². The van der Waals surface area contributed by atoms with Crippen LogP contribution in [0.2, 0.25) is 0 Å². The highest BCUT2D eigenvalue weighted by Gasteiger charge is 2.23. The lowest BCUT2D eigenvalue weighted by Crippen LogP contribution is -2.06. The Labute approximate surface area is 137 Å². The molecule has 3 heterocycles. The third-order valence-electron chi connectivity index (χ3n) is 3.06. The molecular formula is C15H13N7O2. The van der Waals surface area contributed by atoms with Gasteiger partial charge in [-0.1, -0.05) is 6.07 Å². The van der Waals surface area contributed by atoms with E-state index in [1.807, 2.05) is 13.0 Å². The van der Waals surface area contributed by atoms with Crippen molar-refractivity contribution in [3.8, 4) is 0 Å². The fourth-order valence-electron chi connectivity index (χ4n) is 2.04. The average Bonchev–Trinajstić information content (AvgIpc) is 2.56. The van der Waals surface area contributed by atoms with E-state index in [0.29, 0.717) is 11.5 Å². The van der Waals surface area contributed by atoms with Crippen LogP contribution in [0.15, 0.2) is 49.1 Å². The molecule has 9 nitrogen and oxygen atoms in total. The van der Waals surface area contributed by atoms with Gasteiger partial charge >= 0.3 is 5.69 Å². The normalized spacial score (nSPS) is 10.2. The van der Waals surface area contributed by atoms with Crippen molar-refractivity contribution in [3.63, 3.8) is 0 Å². The summed E-state index contributed by atoms with van der Waals surface area (Å²) in [6.45, 7) is 1.83. The first kappa shape index (κ1) is 15.3. The summed E-state index contributed by atoms with van der Waals surface area (Å²) >= 11 is 0. The first-order chi connectivity index (χ1) is 11.6. The molecule has 24 heavy (non-hydrogen) atoms. The number of nitrogens with one attached hydrogen (secondary N) is 2. The number of pyridine rings is 2. The highest BCUT2D eigenvalue weighted by molar-refractivity contribution is 5.75. The molecule has 0 fully saturated rings. The molecule has 0 amide bonds. The molecule has 0 bridgehead atoms. The van der Waals surface area contributed by atoms with Crippen molar-refractivity contribution in [1.29, 1.82) is 0 Å². The van der Waals surface area contributed by atoms with Crippen LogP contribution in [-0.2, 0) is 0 Å². The Kier molecular flexibility index (Phi) is 4.23. The van der Waals surface area contributed by atoms with Gasteiger partial charge in [0.05, 0.1) is 16.8 Å². The smallest absolute Gasteiger partial charge is 0.333 e. The molecule has 0 unspecified atom stereocenters. The zero-order valence-corrected chi connectivity index (χ0v) is 12.7. The second-order valence-electron chi connectivity index (χ2n) is 4.83. The SMILES string of the molecule is Cc1cccc(Nc2ncnc(Nc3cccnc3)c2[N+](=O)[O-])n1. The maximum absolute atomic E-state index is 11.5. The molecule has 0 aliphatic heterocycles. The Morgan fingerprint density at radius 1 is 1.08 bits per heavy atom. The number of hydrogen-bond acceptors (Lipinski definition) is 8. The van der Waals surface area contributed by atoms with Gasteiger partial charge < -0.3 is 10.6 Å². The number of rotatable bonds is 5. The summed E-state index contributed by atoms with van der Waals surface area (Å²) < 4.78 is 0. The van der Waals surface area contributed by atoms with Crippen molar-refractivity contribution in [2.24, 2.45) is 0 Å². The van der Waals surface area contributed by atoms with Crippen LogP contribution >= 0.6 is 0 Å². The van der Waals surface area contributed by atoms with E-state index in [9.17, 15) is 10.1 Å². The van der Waals surface area contributed by atoms with Crippen LogP contribution in [0.25, 0.3) is 0 Å².